The van der Waals surface area contributed by atoms with Gasteiger partial charge in [-0.15, -0.1) is 0 Å². The molecule has 0 aliphatic carbocycles. The lowest BCUT2D eigenvalue weighted by molar-refractivity contribution is 0.670. The lowest BCUT2D eigenvalue weighted by Gasteiger charge is -2.28. The van der Waals surface area contributed by atoms with Gasteiger partial charge in [-0.2, -0.15) is 0 Å². The van der Waals surface area contributed by atoms with Crippen LogP contribution < -0.4 is 4.90 Å². The number of hydrogen-bond acceptors (Lipinski definition) is 2. The molecule has 9 aromatic carbocycles. The summed E-state index contributed by atoms with van der Waals surface area (Å²) in [7, 11) is 0. The Morgan fingerprint density at radius 2 is 0.960 bits per heavy atom. The summed E-state index contributed by atoms with van der Waals surface area (Å²) in [5, 5.41) is 9.75. The van der Waals surface area contributed by atoms with Crippen molar-refractivity contribution >= 4 is 71.3 Å². The number of benzene rings is 9. The molecule has 1 aromatic heterocycles. The minimum Gasteiger partial charge on any atom is -0.455 e. The highest BCUT2D eigenvalue weighted by molar-refractivity contribution is 6.10. The van der Waals surface area contributed by atoms with E-state index >= 15 is 0 Å². The first-order valence-corrected chi connectivity index (χ1v) is 17.1. The molecular formula is C48H31NO. The fourth-order valence-electron chi connectivity index (χ4n) is 7.60. The number of hydrogen-bond donors (Lipinski definition) is 0. The van der Waals surface area contributed by atoms with Crippen LogP contribution in [0.25, 0.3) is 76.5 Å². The number of furan rings is 1. The topological polar surface area (TPSA) is 16.4 Å². The van der Waals surface area contributed by atoms with Gasteiger partial charge in [-0.05, 0) is 85.9 Å². The van der Waals surface area contributed by atoms with Gasteiger partial charge >= 0.3 is 0 Å². The molecule has 0 amide bonds. The number of anilines is 3. The van der Waals surface area contributed by atoms with E-state index in [1.165, 1.54) is 43.4 Å². The minimum atomic E-state index is 0.910. The van der Waals surface area contributed by atoms with Crippen LogP contribution in [0.3, 0.4) is 0 Å². The van der Waals surface area contributed by atoms with Crippen LogP contribution in [0, 0.1) is 0 Å². The van der Waals surface area contributed by atoms with Crippen molar-refractivity contribution in [2.75, 3.05) is 4.90 Å². The number of rotatable bonds is 5. The van der Waals surface area contributed by atoms with E-state index in [2.05, 4.69) is 181 Å². The maximum atomic E-state index is 6.40. The molecule has 234 valence electrons. The van der Waals surface area contributed by atoms with Gasteiger partial charge in [-0.25, -0.2) is 0 Å². The fourth-order valence-corrected chi connectivity index (χ4v) is 7.60. The fraction of sp³-hybridized carbons (Fsp3) is 0. The quantitative estimate of drug-likeness (QED) is 0.175. The Kier molecular flexibility index (Phi) is 6.53. The molecule has 0 unspecified atom stereocenters. The van der Waals surface area contributed by atoms with Gasteiger partial charge in [0.15, 0.2) is 0 Å². The standard InChI is InChI=1S/C48H31NO/c1-2-12-35-31-39(28-22-32(35)10-1)49(38-26-23-34(24-27-38)43-16-9-17-45-44-15-6-8-19-47(44)50-48(43)45)46-18-7-5-14-42(46)37-25-29-41-36(30-37)21-20-33-11-3-4-13-40(33)41/h1-31H. The summed E-state index contributed by atoms with van der Waals surface area (Å²) in [6.07, 6.45) is 0. The van der Waals surface area contributed by atoms with E-state index in [9.17, 15) is 0 Å². The van der Waals surface area contributed by atoms with Crippen molar-refractivity contribution in [3.05, 3.63) is 188 Å². The van der Waals surface area contributed by atoms with Crippen molar-refractivity contribution < 1.29 is 4.42 Å². The third-order valence-electron chi connectivity index (χ3n) is 10.0. The second-order valence-corrected chi connectivity index (χ2v) is 12.9. The third kappa shape index (κ3) is 4.65. The van der Waals surface area contributed by atoms with E-state index in [1.54, 1.807) is 0 Å². The monoisotopic (exact) mass is 637 g/mol. The van der Waals surface area contributed by atoms with Gasteiger partial charge in [0, 0.05) is 33.3 Å². The molecular weight excluding hydrogens is 607 g/mol. The predicted molar refractivity (Wildman–Crippen MR) is 212 cm³/mol. The van der Waals surface area contributed by atoms with Crippen molar-refractivity contribution in [3.8, 4) is 22.3 Å². The van der Waals surface area contributed by atoms with E-state index in [0.717, 1.165) is 50.1 Å². The molecule has 0 N–H and O–H groups in total. The second-order valence-electron chi connectivity index (χ2n) is 12.9. The van der Waals surface area contributed by atoms with Gasteiger partial charge < -0.3 is 9.32 Å². The Bertz CT molecular complexity index is 2880. The lowest BCUT2D eigenvalue weighted by atomic mass is 9.96. The van der Waals surface area contributed by atoms with Crippen molar-refractivity contribution in [1.82, 2.24) is 0 Å². The van der Waals surface area contributed by atoms with E-state index in [4.69, 9.17) is 4.42 Å². The second kappa shape index (κ2) is 11.5. The number of para-hydroxylation sites is 3. The summed E-state index contributed by atoms with van der Waals surface area (Å²) in [6, 6.07) is 67.6. The van der Waals surface area contributed by atoms with Crippen molar-refractivity contribution in [1.29, 1.82) is 0 Å². The first kappa shape index (κ1) is 28.4. The molecule has 0 spiro atoms. The van der Waals surface area contributed by atoms with Gasteiger partial charge in [0.1, 0.15) is 11.2 Å². The van der Waals surface area contributed by atoms with Crippen LogP contribution in [0.15, 0.2) is 192 Å². The van der Waals surface area contributed by atoms with Crippen molar-refractivity contribution in [2.45, 2.75) is 0 Å². The van der Waals surface area contributed by atoms with Crippen molar-refractivity contribution in [3.63, 3.8) is 0 Å². The Morgan fingerprint density at radius 3 is 1.86 bits per heavy atom. The van der Waals surface area contributed by atoms with E-state index in [0.29, 0.717) is 0 Å². The van der Waals surface area contributed by atoms with Crippen LogP contribution in [-0.4, -0.2) is 0 Å². The lowest BCUT2D eigenvalue weighted by Crippen LogP contribution is -2.11. The highest BCUT2D eigenvalue weighted by atomic mass is 16.3. The number of fused-ring (bicyclic) bond motifs is 7. The summed E-state index contributed by atoms with van der Waals surface area (Å²) in [4.78, 5) is 2.39. The van der Waals surface area contributed by atoms with Crippen LogP contribution in [0.1, 0.15) is 0 Å². The Hall–Kier alpha value is -6.64. The Morgan fingerprint density at radius 1 is 0.340 bits per heavy atom. The van der Waals surface area contributed by atoms with Gasteiger partial charge in [0.2, 0.25) is 0 Å². The van der Waals surface area contributed by atoms with Crippen LogP contribution in [0.4, 0.5) is 17.1 Å². The van der Waals surface area contributed by atoms with Gasteiger partial charge in [-0.1, -0.05) is 146 Å². The Labute approximate surface area is 290 Å². The molecule has 50 heavy (non-hydrogen) atoms. The summed E-state index contributed by atoms with van der Waals surface area (Å²) in [5.74, 6) is 0. The smallest absolute Gasteiger partial charge is 0.143 e. The minimum absolute atomic E-state index is 0.910. The molecule has 0 radical (unpaired) electrons. The van der Waals surface area contributed by atoms with E-state index in [1.807, 2.05) is 12.1 Å². The van der Waals surface area contributed by atoms with E-state index in [-0.39, 0.29) is 0 Å². The zero-order chi connectivity index (χ0) is 33.0. The third-order valence-corrected chi connectivity index (χ3v) is 10.0. The van der Waals surface area contributed by atoms with Crippen LogP contribution in [-0.2, 0) is 0 Å². The zero-order valence-electron chi connectivity index (χ0n) is 27.3. The van der Waals surface area contributed by atoms with Crippen LogP contribution >= 0.6 is 0 Å². The van der Waals surface area contributed by atoms with E-state index < -0.39 is 0 Å². The van der Waals surface area contributed by atoms with Crippen LogP contribution in [0.5, 0.6) is 0 Å². The summed E-state index contributed by atoms with van der Waals surface area (Å²) >= 11 is 0. The molecule has 10 aromatic rings. The van der Waals surface area contributed by atoms with Gasteiger partial charge in [0.25, 0.3) is 0 Å². The molecule has 0 fully saturated rings. The maximum absolute atomic E-state index is 6.40. The van der Waals surface area contributed by atoms with Crippen molar-refractivity contribution in [2.24, 2.45) is 0 Å². The molecule has 0 bridgehead atoms. The summed E-state index contributed by atoms with van der Waals surface area (Å²) in [5.41, 5.74) is 9.70. The molecule has 1 heterocycles. The molecule has 0 saturated heterocycles. The maximum Gasteiger partial charge on any atom is 0.143 e. The summed E-state index contributed by atoms with van der Waals surface area (Å²) < 4.78 is 6.40. The Balaban J connectivity index is 1.13. The molecule has 0 aliphatic heterocycles. The molecule has 0 aliphatic rings. The average molecular weight is 638 g/mol. The molecule has 0 saturated carbocycles. The normalized spacial score (nSPS) is 11.6. The molecule has 2 heteroatoms. The molecule has 10 rings (SSSR count). The molecule has 2 nitrogen and oxygen atoms in total. The largest absolute Gasteiger partial charge is 0.455 e. The zero-order valence-corrected chi connectivity index (χ0v) is 27.3. The first-order chi connectivity index (χ1) is 24.8. The average Bonchev–Trinajstić information content (AvgIpc) is 3.57. The highest BCUT2D eigenvalue weighted by Gasteiger charge is 2.19. The molecule has 0 atom stereocenters. The highest BCUT2D eigenvalue weighted by Crippen LogP contribution is 2.43. The predicted octanol–water partition coefficient (Wildman–Crippen LogP) is 13.8. The SMILES string of the molecule is c1ccc(N(c2ccc(-c3cccc4c3oc3ccccc34)cc2)c2ccc3ccccc3c2)c(-c2ccc3c(ccc4ccccc43)c2)c1. The van der Waals surface area contributed by atoms with Gasteiger partial charge in [0.05, 0.1) is 5.69 Å². The number of nitrogens with zero attached hydrogens (tertiary/aromatic N) is 1. The van der Waals surface area contributed by atoms with Gasteiger partial charge in [-0.3, -0.25) is 0 Å². The van der Waals surface area contributed by atoms with Crippen LogP contribution in [0.2, 0.25) is 0 Å². The summed E-state index contributed by atoms with van der Waals surface area (Å²) in [6.45, 7) is 0. The first-order valence-electron chi connectivity index (χ1n) is 17.1.